The van der Waals surface area contributed by atoms with Crippen LogP contribution in [0.25, 0.3) is 0 Å². The minimum Gasteiger partial charge on any atom is -0.346 e. The van der Waals surface area contributed by atoms with E-state index in [1.807, 2.05) is 48.5 Å². The second kappa shape index (κ2) is 18.5. The van der Waals surface area contributed by atoms with Crippen molar-refractivity contribution in [2.45, 2.75) is 131 Å². The predicted octanol–water partition coefficient (Wildman–Crippen LogP) is 3.51. The van der Waals surface area contributed by atoms with E-state index < -0.39 is 68.6 Å². The van der Waals surface area contributed by atoms with Crippen LogP contribution in [0.1, 0.15) is 107 Å². The van der Waals surface area contributed by atoms with E-state index in [0.717, 1.165) is 19.3 Å². The number of rotatable bonds is 17. The average molecular weight is 726 g/mol. The maximum Gasteiger partial charge on any atom is 0.344 e. The van der Waals surface area contributed by atoms with Gasteiger partial charge in [-0.15, -0.1) is 6.58 Å². The second-order valence-electron chi connectivity index (χ2n) is 15.8. The van der Waals surface area contributed by atoms with E-state index in [1.54, 1.807) is 18.9 Å². The molecule has 1 aliphatic carbocycles. The van der Waals surface area contributed by atoms with Crippen LogP contribution >= 0.6 is 0 Å². The molecule has 1 aliphatic heterocycles. The van der Waals surface area contributed by atoms with E-state index in [9.17, 15) is 32.4 Å². The maximum absolute atomic E-state index is 14.8. The van der Waals surface area contributed by atoms with Gasteiger partial charge < -0.3 is 26.2 Å². The van der Waals surface area contributed by atoms with E-state index >= 15 is 0 Å². The number of carbonyl (C=O) groups is 5. The fraction of sp³-hybridized carbons (Fsp3) is 0.806. The molecule has 1 heterocycles. The molecule has 2 aliphatic rings. The zero-order valence-corrected chi connectivity index (χ0v) is 32.7. The summed E-state index contributed by atoms with van der Waals surface area (Å²) in [5, 5.41) is 11.3. The lowest BCUT2D eigenvalue weighted by Gasteiger charge is -2.43. The van der Waals surface area contributed by atoms with Crippen LogP contribution in [-0.4, -0.2) is 104 Å². The summed E-state index contributed by atoms with van der Waals surface area (Å²) in [5.41, 5.74) is -1.07. The molecule has 0 aromatic heterocycles. The van der Waals surface area contributed by atoms with E-state index in [1.165, 1.54) is 10.4 Å². The van der Waals surface area contributed by atoms with Crippen molar-refractivity contribution in [3.8, 4) is 0 Å². The molecule has 1 saturated carbocycles. The number of hydrogen-bond donors (Lipinski definition) is 4. The first-order valence-corrected chi connectivity index (χ1v) is 19.9. The van der Waals surface area contributed by atoms with Crippen molar-refractivity contribution in [1.82, 2.24) is 30.5 Å². The van der Waals surface area contributed by atoms with Gasteiger partial charge in [-0.25, -0.2) is 9.00 Å². The van der Waals surface area contributed by atoms with Crippen molar-refractivity contribution in [3.05, 3.63) is 12.7 Å². The molecule has 2 fully saturated rings. The summed E-state index contributed by atoms with van der Waals surface area (Å²) >= 11 is 0. The number of hydrogen-bond acceptors (Lipinski definition) is 6. The molecule has 6 atom stereocenters. The smallest absolute Gasteiger partial charge is 0.344 e. The van der Waals surface area contributed by atoms with Gasteiger partial charge in [0.05, 0.1) is 6.04 Å². The SMILES string of the molecule is C=CCNC(=O)C(=O)C(CCC)NC(=O)[C@@H]1[C@@H](C(C)C)CCN1C(=O)[C@@H](NC(=O)N[C@H](CN(C)S(=O)(=[OH+])CC)C(C)(C)C)C1(C)CCCCC1. The number of likely N-dealkylation sites (N-methyl/N-ethyl adjacent to an activating group) is 1. The highest BCUT2D eigenvalue weighted by atomic mass is 32.2. The number of carbonyl (C=O) groups excluding carboxylic acids is 5. The molecule has 0 aromatic rings. The standard InChI is InChI=1S/C36H64N6O7S/c1-11-17-26(29(43)32(45)37-21-12-2)38-31(44)28-25(24(4)5)18-22-42(28)33(46)30(36(9)19-15-14-16-20-36)40-34(47)39-27(35(6,7)8)23-41(10)50(48,49)13-3/h12,24-28,30H,2,11,13-23H2,1,3-10H3,(H,37,45)(H,38,44)(H2,39,40,47)/p+1/t25-,26?,27-,28+,30-/m1/s1. The lowest BCUT2D eigenvalue weighted by Crippen LogP contribution is -2.63. The lowest BCUT2D eigenvalue weighted by molar-refractivity contribution is -0.145. The Kier molecular flexibility index (Phi) is 16.0. The molecule has 2 rings (SSSR count). The fourth-order valence-electron chi connectivity index (χ4n) is 7.13. The Morgan fingerprint density at radius 2 is 1.68 bits per heavy atom. The minimum absolute atomic E-state index is 0.0363. The third-order valence-corrected chi connectivity index (χ3v) is 12.4. The third-order valence-electron chi connectivity index (χ3n) is 10.6. The number of nitrogens with one attached hydrogen (secondary N) is 4. The van der Waals surface area contributed by atoms with E-state index in [4.69, 9.17) is 0 Å². The van der Waals surface area contributed by atoms with E-state index in [-0.39, 0.29) is 43.0 Å². The van der Waals surface area contributed by atoms with Crippen molar-refractivity contribution in [1.29, 1.82) is 0 Å². The Labute approximate surface area is 300 Å². The van der Waals surface area contributed by atoms with Crippen LogP contribution in [0.2, 0.25) is 0 Å². The maximum atomic E-state index is 14.8. The molecular weight excluding hydrogens is 660 g/mol. The third kappa shape index (κ3) is 11.2. The van der Waals surface area contributed by atoms with Gasteiger partial charge in [0.1, 0.15) is 17.8 Å². The molecule has 1 saturated heterocycles. The molecular formula is C36H65N6O7S+. The molecule has 13 nitrogen and oxygen atoms in total. The molecule has 0 radical (unpaired) electrons. The highest BCUT2D eigenvalue weighted by Gasteiger charge is 2.50. The summed E-state index contributed by atoms with van der Waals surface area (Å²) in [6.07, 6.45) is 7.08. The van der Waals surface area contributed by atoms with Gasteiger partial charge in [0.15, 0.2) is 0 Å². The summed E-state index contributed by atoms with van der Waals surface area (Å²) in [6.45, 7) is 19.4. The zero-order chi connectivity index (χ0) is 38.0. The summed E-state index contributed by atoms with van der Waals surface area (Å²) in [6, 6.07) is -3.99. The van der Waals surface area contributed by atoms with Crippen LogP contribution in [0, 0.1) is 22.7 Å². The topological polar surface area (TPSA) is 178 Å². The number of nitrogens with zero attached hydrogens (tertiary/aromatic N) is 2. The van der Waals surface area contributed by atoms with Crippen molar-refractivity contribution in [3.63, 3.8) is 0 Å². The number of likely N-dealkylation sites (tertiary alicyclic amines) is 1. The van der Waals surface area contributed by atoms with Gasteiger partial charge in [-0.3, -0.25) is 19.2 Å². The molecule has 50 heavy (non-hydrogen) atoms. The van der Waals surface area contributed by atoms with Gasteiger partial charge in [0, 0.05) is 32.7 Å². The van der Waals surface area contributed by atoms with Crippen LogP contribution in [0.5, 0.6) is 0 Å². The van der Waals surface area contributed by atoms with Crippen LogP contribution < -0.4 is 21.3 Å². The van der Waals surface area contributed by atoms with E-state index in [0.29, 0.717) is 32.2 Å². The number of urea groups is 1. The summed E-state index contributed by atoms with van der Waals surface area (Å²) in [4.78, 5) is 69.9. The first-order valence-electron chi connectivity index (χ1n) is 18.3. The second-order valence-corrected chi connectivity index (χ2v) is 18.2. The molecule has 14 heteroatoms. The van der Waals surface area contributed by atoms with Crippen LogP contribution in [-0.2, 0) is 29.2 Å². The Bertz CT molecular complexity index is 1320. The summed E-state index contributed by atoms with van der Waals surface area (Å²) in [7, 11) is -1.70. The molecule has 0 aromatic carbocycles. The number of amides is 5. The molecule has 2 unspecified atom stereocenters. The molecule has 286 valence electrons. The molecule has 0 bridgehead atoms. The highest BCUT2D eigenvalue weighted by Crippen LogP contribution is 2.41. The normalized spacial score (nSPS) is 22.2. The van der Waals surface area contributed by atoms with Crippen LogP contribution in [0.15, 0.2) is 12.7 Å². The first kappa shape index (κ1) is 43.2. The van der Waals surface area contributed by atoms with Gasteiger partial charge in [-0.1, -0.05) is 80.2 Å². The minimum atomic E-state index is -3.25. The zero-order valence-electron chi connectivity index (χ0n) is 31.9. The largest absolute Gasteiger partial charge is 0.346 e. The van der Waals surface area contributed by atoms with Gasteiger partial charge in [-0.05, 0) is 55.3 Å². The van der Waals surface area contributed by atoms with Gasteiger partial charge >= 0.3 is 16.1 Å². The molecule has 0 spiro atoms. The van der Waals surface area contributed by atoms with Crippen LogP contribution in [0.3, 0.4) is 0 Å². The van der Waals surface area contributed by atoms with Crippen molar-refractivity contribution in [2.75, 3.05) is 32.4 Å². The van der Waals surface area contributed by atoms with Crippen molar-refractivity contribution < 1.29 is 32.4 Å². The number of Topliss-reactive ketones (excluding diaryl/α,β-unsaturated/α-hetero) is 1. The Balaban J connectivity index is 2.45. The highest BCUT2D eigenvalue weighted by molar-refractivity contribution is 7.89. The average Bonchev–Trinajstić information content (AvgIpc) is 3.50. The summed E-state index contributed by atoms with van der Waals surface area (Å²) in [5.74, 6) is -2.53. The van der Waals surface area contributed by atoms with Crippen molar-refractivity contribution in [2.24, 2.45) is 22.7 Å². The monoisotopic (exact) mass is 725 g/mol. The van der Waals surface area contributed by atoms with Crippen LogP contribution in [0.4, 0.5) is 4.79 Å². The Hall–Kier alpha value is -3.00. The Morgan fingerprint density at radius 3 is 2.20 bits per heavy atom. The Morgan fingerprint density at radius 1 is 1.06 bits per heavy atom. The lowest BCUT2D eigenvalue weighted by atomic mass is 9.70. The first-order chi connectivity index (χ1) is 23.2. The van der Waals surface area contributed by atoms with Gasteiger partial charge in [0.25, 0.3) is 5.91 Å². The molecule has 5 amide bonds. The molecule has 5 N–H and O–H groups in total. The summed E-state index contributed by atoms with van der Waals surface area (Å²) < 4.78 is 24.4. The fourth-order valence-corrected chi connectivity index (χ4v) is 7.95. The van der Waals surface area contributed by atoms with E-state index in [2.05, 4.69) is 27.8 Å². The van der Waals surface area contributed by atoms with Gasteiger partial charge in [0.2, 0.25) is 17.6 Å². The number of ketones is 1. The van der Waals surface area contributed by atoms with Crippen molar-refractivity contribution >= 4 is 39.6 Å². The quantitative estimate of drug-likeness (QED) is 0.101. The predicted molar refractivity (Wildman–Crippen MR) is 197 cm³/mol. The van der Waals surface area contributed by atoms with Gasteiger partial charge in [-0.2, -0.15) is 8.51 Å².